The highest BCUT2D eigenvalue weighted by molar-refractivity contribution is 7.14. The number of carbonyl (C=O) groups is 1. The summed E-state index contributed by atoms with van der Waals surface area (Å²) in [6.07, 6.45) is 3.13. The van der Waals surface area contributed by atoms with Crippen molar-refractivity contribution >= 4 is 22.4 Å². The molecule has 6 heteroatoms. The Hall–Kier alpha value is -2.60. The fourth-order valence-corrected chi connectivity index (χ4v) is 3.13. The van der Waals surface area contributed by atoms with Crippen LogP contribution in [-0.2, 0) is 0 Å². The van der Waals surface area contributed by atoms with Gasteiger partial charge in [-0.25, -0.2) is 9.37 Å². The van der Waals surface area contributed by atoms with Crippen LogP contribution in [0.15, 0.2) is 42.0 Å². The summed E-state index contributed by atoms with van der Waals surface area (Å²) in [7, 11) is 0. The molecule has 3 rings (SSSR count). The molecule has 23 heavy (non-hydrogen) atoms. The lowest BCUT2D eigenvalue weighted by molar-refractivity contribution is 0.102. The van der Waals surface area contributed by atoms with Gasteiger partial charge in [-0.2, -0.15) is 0 Å². The third kappa shape index (κ3) is 3.27. The van der Waals surface area contributed by atoms with Gasteiger partial charge >= 0.3 is 0 Å². The molecule has 116 valence electrons. The molecule has 0 bridgehead atoms. The second-order valence-corrected chi connectivity index (χ2v) is 6.00. The molecule has 3 aromatic rings. The van der Waals surface area contributed by atoms with Crippen LogP contribution in [0.25, 0.3) is 11.3 Å². The van der Waals surface area contributed by atoms with Crippen LogP contribution in [0.2, 0.25) is 0 Å². The number of hydrogen-bond acceptors (Lipinski definition) is 4. The minimum atomic E-state index is -0.259. The molecule has 0 unspecified atom stereocenters. The average molecular weight is 327 g/mol. The Balaban J connectivity index is 1.86. The summed E-state index contributed by atoms with van der Waals surface area (Å²) in [6, 6.07) is 6.24. The first-order valence-electron chi connectivity index (χ1n) is 6.98. The van der Waals surface area contributed by atoms with Crippen molar-refractivity contribution in [3.63, 3.8) is 0 Å². The van der Waals surface area contributed by atoms with Gasteiger partial charge in [-0.05, 0) is 49.2 Å². The summed E-state index contributed by atoms with van der Waals surface area (Å²) in [5.41, 5.74) is 3.78. The Morgan fingerprint density at radius 2 is 1.83 bits per heavy atom. The number of nitrogens with one attached hydrogen (secondary N) is 1. The average Bonchev–Trinajstić information content (AvgIpc) is 2.95. The molecule has 0 aliphatic heterocycles. The van der Waals surface area contributed by atoms with E-state index in [9.17, 15) is 9.18 Å². The number of hydrogen-bond donors (Lipinski definition) is 1. The van der Waals surface area contributed by atoms with Crippen molar-refractivity contribution in [2.45, 2.75) is 13.8 Å². The molecular weight excluding hydrogens is 313 g/mol. The van der Waals surface area contributed by atoms with Crippen molar-refractivity contribution in [1.82, 2.24) is 9.97 Å². The van der Waals surface area contributed by atoms with Crippen LogP contribution in [0.4, 0.5) is 9.52 Å². The van der Waals surface area contributed by atoms with Gasteiger partial charge in [-0.3, -0.25) is 15.1 Å². The number of rotatable bonds is 3. The fourth-order valence-electron chi connectivity index (χ4n) is 2.43. The number of amides is 1. The van der Waals surface area contributed by atoms with Gasteiger partial charge in [0.05, 0.1) is 5.69 Å². The maximum absolute atomic E-state index is 13.4. The minimum absolute atomic E-state index is 0.235. The lowest BCUT2D eigenvalue weighted by atomic mass is 10.0. The molecule has 0 aliphatic carbocycles. The van der Waals surface area contributed by atoms with Gasteiger partial charge < -0.3 is 0 Å². The normalized spacial score (nSPS) is 10.6. The summed E-state index contributed by atoms with van der Waals surface area (Å²) in [6.45, 7) is 3.69. The van der Waals surface area contributed by atoms with E-state index in [1.54, 1.807) is 24.5 Å². The molecule has 0 spiro atoms. The second-order valence-electron chi connectivity index (χ2n) is 5.14. The zero-order valence-corrected chi connectivity index (χ0v) is 13.4. The van der Waals surface area contributed by atoms with Crippen LogP contribution in [0.3, 0.4) is 0 Å². The second kappa shape index (κ2) is 6.26. The SMILES string of the molecule is Cc1cc(F)cc(C)c1-c1csc(NC(=O)c2ccncc2)n1. The fraction of sp³-hybridized carbons (Fsp3) is 0.118. The molecule has 1 amide bonds. The van der Waals surface area contributed by atoms with E-state index in [0.717, 1.165) is 22.4 Å². The first kappa shape index (κ1) is 15.3. The number of thiazole rings is 1. The summed E-state index contributed by atoms with van der Waals surface area (Å²) in [5.74, 6) is -0.494. The van der Waals surface area contributed by atoms with Crippen LogP contribution in [0, 0.1) is 19.7 Å². The van der Waals surface area contributed by atoms with E-state index in [1.807, 2.05) is 19.2 Å². The third-order valence-electron chi connectivity index (χ3n) is 3.42. The molecule has 1 N–H and O–H groups in total. The Morgan fingerprint density at radius 1 is 1.17 bits per heavy atom. The first-order chi connectivity index (χ1) is 11.0. The third-order valence-corrected chi connectivity index (χ3v) is 4.18. The smallest absolute Gasteiger partial charge is 0.257 e. The molecule has 0 fully saturated rings. The highest BCUT2D eigenvalue weighted by Gasteiger charge is 2.13. The summed E-state index contributed by atoms with van der Waals surface area (Å²) in [5, 5.41) is 5.13. The van der Waals surface area contributed by atoms with Crippen LogP contribution in [-0.4, -0.2) is 15.9 Å². The van der Waals surface area contributed by atoms with Crippen molar-refractivity contribution in [2.24, 2.45) is 0 Å². The highest BCUT2D eigenvalue weighted by atomic mass is 32.1. The lowest BCUT2D eigenvalue weighted by Gasteiger charge is -2.07. The first-order valence-corrected chi connectivity index (χ1v) is 7.86. The summed E-state index contributed by atoms with van der Waals surface area (Å²) >= 11 is 1.34. The molecule has 4 nitrogen and oxygen atoms in total. The molecule has 2 heterocycles. The monoisotopic (exact) mass is 327 g/mol. The Morgan fingerprint density at radius 3 is 2.48 bits per heavy atom. The van der Waals surface area contributed by atoms with Crippen LogP contribution in [0.5, 0.6) is 0 Å². The van der Waals surface area contributed by atoms with Gasteiger partial charge in [0.25, 0.3) is 5.91 Å². The number of aromatic nitrogens is 2. The van der Waals surface area contributed by atoms with Crippen LogP contribution < -0.4 is 5.32 Å². The number of aryl methyl sites for hydroxylation is 2. The largest absolute Gasteiger partial charge is 0.298 e. The van der Waals surface area contributed by atoms with E-state index in [4.69, 9.17) is 0 Å². The zero-order chi connectivity index (χ0) is 16.4. The minimum Gasteiger partial charge on any atom is -0.298 e. The number of carbonyl (C=O) groups excluding carboxylic acids is 1. The van der Waals surface area contributed by atoms with Gasteiger partial charge in [0.15, 0.2) is 5.13 Å². The van der Waals surface area contributed by atoms with Crippen molar-refractivity contribution < 1.29 is 9.18 Å². The van der Waals surface area contributed by atoms with Gasteiger partial charge in [0.1, 0.15) is 5.82 Å². The Labute approximate surface area is 137 Å². The number of halogens is 1. The van der Waals surface area contributed by atoms with Crippen molar-refractivity contribution in [3.8, 4) is 11.3 Å². The predicted octanol–water partition coefficient (Wildman–Crippen LogP) is 4.21. The molecule has 0 atom stereocenters. The predicted molar refractivity (Wildman–Crippen MR) is 89.2 cm³/mol. The van der Waals surface area contributed by atoms with Gasteiger partial charge in [0.2, 0.25) is 0 Å². The standard InChI is InChI=1S/C17H14FN3OS/c1-10-7-13(18)8-11(2)15(10)14-9-23-17(20-14)21-16(22)12-3-5-19-6-4-12/h3-9H,1-2H3,(H,20,21,22). The zero-order valence-electron chi connectivity index (χ0n) is 12.6. The molecule has 1 aromatic carbocycles. The summed E-state index contributed by atoms with van der Waals surface area (Å²) in [4.78, 5) is 20.4. The maximum Gasteiger partial charge on any atom is 0.257 e. The van der Waals surface area contributed by atoms with Gasteiger partial charge in [-0.1, -0.05) is 0 Å². The Kier molecular flexibility index (Phi) is 4.16. The Bertz CT molecular complexity index is 838. The van der Waals surface area contributed by atoms with Crippen molar-refractivity contribution in [2.75, 3.05) is 5.32 Å². The van der Waals surface area contributed by atoms with Crippen molar-refractivity contribution in [1.29, 1.82) is 0 Å². The van der Waals surface area contributed by atoms with Crippen LogP contribution in [0.1, 0.15) is 21.5 Å². The number of pyridine rings is 1. The quantitative estimate of drug-likeness (QED) is 0.784. The van der Waals surface area contributed by atoms with E-state index in [0.29, 0.717) is 10.7 Å². The van der Waals surface area contributed by atoms with E-state index in [2.05, 4.69) is 15.3 Å². The van der Waals surface area contributed by atoms with E-state index in [1.165, 1.54) is 23.5 Å². The molecule has 0 saturated carbocycles. The van der Waals surface area contributed by atoms with Gasteiger partial charge in [-0.15, -0.1) is 11.3 Å². The topological polar surface area (TPSA) is 54.9 Å². The molecular formula is C17H14FN3OS. The highest BCUT2D eigenvalue weighted by Crippen LogP contribution is 2.31. The number of anilines is 1. The lowest BCUT2D eigenvalue weighted by Crippen LogP contribution is -2.11. The van der Waals surface area contributed by atoms with E-state index in [-0.39, 0.29) is 11.7 Å². The van der Waals surface area contributed by atoms with E-state index >= 15 is 0 Å². The molecule has 2 aromatic heterocycles. The maximum atomic E-state index is 13.4. The van der Waals surface area contributed by atoms with Gasteiger partial charge in [0, 0.05) is 28.9 Å². The number of benzene rings is 1. The molecule has 0 radical (unpaired) electrons. The summed E-state index contributed by atoms with van der Waals surface area (Å²) < 4.78 is 13.4. The van der Waals surface area contributed by atoms with Crippen molar-refractivity contribution in [3.05, 3.63) is 64.5 Å². The molecule has 0 saturated heterocycles. The van der Waals surface area contributed by atoms with E-state index < -0.39 is 0 Å². The van der Waals surface area contributed by atoms with Crippen LogP contribution >= 0.6 is 11.3 Å². The molecule has 0 aliphatic rings. The number of nitrogens with zero attached hydrogens (tertiary/aromatic N) is 2.